The van der Waals surface area contributed by atoms with Gasteiger partial charge in [0, 0.05) is 7.11 Å². The van der Waals surface area contributed by atoms with Gasteiger partial charge in [0.15, 0.2) is 0 Å². The van der Waals surface area contributed by atoms with Crippen molar-refractivity contribution in [3.8, 4) is 0 Å². The molecule has 0 saturated heterocycles. The predicted octanol–water partition coefficient (Wildman–Crippen LogP) is 1.70. The van der Waals surface area contributed by atoms with E-state index in [-0.39, 0.29) is 5.60 Å². The molecule has 68 valence electrons. The molecular formula is C7H12N2O2S. The minimum atomic E-state index is -0.263. The van der Waals surface area contributed by atoms with E-state index in [4.69, 9.17) is 21.4 Å². The lowest BCUT2D eigenvalue weighted by molar-refractivity contribution is 0.0180. The van der Waals surface area contributed by atoms with E-state index in [9.17, 15) is 0 Å². The number of ether oxygens (including phenoxy) is 1. The predicted molar refractivity (Wildman–Crippen MR) is 46.5 cm³/mol. The first-order valence-electron chi connectivity index (χ1n) is 3.63. The Kier molecular flexibility index (Phi) is 2.64. The second-order valence-electron chi connectivity index (χ2n) is 3.15. The van der Waals surface area contributed by atoms with Crippen molar-refractivity contribution in [1.29, 1.82) is 0 Å². The van der Waals surface area contributed by atoms with Crippen molar-refractivity contribution in [2.75, 3.05) is 7.11 Å². The van der Waals surface area contributed by atoms with E-state index >= 15 is 0 Å². The number of H-pyrrole nitrogens is 1. The molecule has 0 aliphatic heterocycles. The second kappa shape index (κ2) is 3.37. The summed E-state index contributed by atoms with van der Waals surface area (Å²) < 4.78 is 10.3. The summed E-state index contributed by atoms with van der Waals surface area (Å²) in [6.45, 7) is 3.92. The van der Waals surface area contributed by atoms with Crippen LogP contribution in [0.4, 0.5) is 0 Å². The van der Waals surface area contributed by atoms with Crippen molar-refractivity contribution >= 4 is 12.2 Å². The van der Waals surface area contributed by atoms with Gasteiger partial charge in [-0.15, -0.1) is 5.10 Å². The Morgan fingerprint density at radius 3 is 2.75 bits per heavy atom. The van der Waals surface area contributed by atoms with Gasteiger partial charge in [0.2, 0.25) is 5.89 Å². The van der Waals surface area contributed by atoms with Crippen LogP contribution >= 0.6 is 12.2 Å². The van der Waals surface area contributed by atoms with Crippen molar-refractivity contribution < 1.29 is 9.15 Å². The summed E-state index contributed by atoms with van der Waals surface area (Å²) >= 11 is 4.73. The number of methoxy groups -OCH3 is 1. The van der Waals surface area contributed by atoms with E-state index in [1.165, 1.54) is 0 Å². The van der Waals surface area contributed by atoms with Crippen molar-refractivity contribution in [2.45, 2.75) is 25.9 Å². The third kappa shape index (κ3) is 2.42. The van der Waals surface area contributed by atoms with Crippen LogP contribution in [0.3, 0.4) is 0 Å². The largest absolute Gasteiger partial charge is 0.414 e. The number of rotatable bonds is 3. The molecule has 0 saturated carbocycles. The zero-order valence-corrected chi connectivity index (χ0v) is 8.20. The monoisotopic (exact) mass is 188 g/mol. The Hall–Kier alpha value is -0.680. The standard InChI is InChI=1S/C7H12N2O2S/c1-7(2,10-3)4-5-8-9-6(12)11-5/h4H2,1-3H3,(H,9,12). The first kappa shape index (κ1) is 9.41. The molecule has 1 aromatic heterocycles. The van der Waals surface area contributed by atoms with Crippen molar-refractivity contribution in [1.82, 2.24) is 10.2 Å². The van der Waals surface area contributed by atoms with Crippen LogP contribution in [0.1, 0.15) is 19.7 Å². The summed E-state index contributed by atoms with van der Waals surface area (Å²) in [5, 5.41) is 6.43. The maximum Gasteiger partial charge on any atom is 0.284 e. The fourth-order valence-electron chi connectivity index (χ4n) is 0.773. The average molecular weight is 188 g/mol. The highest BCUT2D eigenvalue weighted by Crippen LogP contribution is 2.13. The van der Waals surface area contributed by atoms with Crippen LogP contribution in [0.2, 0.25) is 0 Å². The summed E-state index contributed by atoms with van der Waals surface area (Å²) in [6, 6.07) is 0. The molecule has 1 aromatic rings. The SMILES string of the molecule is COC(C)(C)Cc1n[nH]c(=S)o1. The van der Waals surface area contributed by atoms with E-state index in [2.05, 4.69) is 10.2 Å². The Bertz CT molecular complexity index is 302. The first-order valence-corrected chi connectivity index (χ1v) is 4.04. The molecule has 5 heteroatoms. The third-order valence-electron chi connectivity index (χ3n) is 1.61. The van der Waals surface area contributed by atoms with Crippen LogP contribution in [0, 0.1) is 4.84 Å². The quantitative estimate of drug-likeness (QED) is 0.733. The van der Waals surface area contributed by atoms with Gasteiger partial charge in [-0.1, -0.05) is 0 Å². The van der Waals surface area contributed by atoms with Crippen LogP contribution < -0.4 is 0 Å². The van der Waals surface area contributed by atoms with Crippen LogP contribution in [0.5, 0.6) is 0 Å². The average Bonchev–Trinajstić information content (AvgIpc) is 2.35. The van der Waals surface area contributed by atoms with Gasteiger partial charge in [-0.05, 0) is 26.1 Å². The second-order valence-corrected chi connectivity index (χ2v) is 3.52. The Balaban J connectivity index is 2.70. The normalized spacial score (nSPS) is 11.9. The first-order chi connectivity index (χ1) is 5.53. The van der Waals surface area contributed by atoms with Crippen molar-refractivity contribution in [3.05, 3.63) is 10.7 Å². The molecule has 1 N–H and O–H groups in total. The minimum absolute atomic E-state index is 0.263. The van der Waals surface area contributed by atoms with Gasteiger partial charge in [0.05, 0.1) is 12.0 Å². The summed E-state index contributed by atoms with van der Waals surface area (Å²) in [4.78, 5) is 0.303. The third-order valence-corrected chi connectivity index (χ3v) is 1.79. The van der Waals surface area contributed by atoms with E-state index in [1.54, 1.807) is 7.11 Å². The Labute approximate surface area is 75.9 Å². The molecule has 0 radical (unpaired) electrons. The smallest absolute Gasteiger partial charge is 0.284 e. The fraction of sp³-hybridized carbons (Fsp3) is 0.714. The topological polar surface area (TPSA) is 51.0 Å². The summed E-state index contributed by atoms with van der Waals surface area (Å²) in [7, 11) is 1.65. The molecule has 0 aliphatic carbocycles. The molecule has 4 nitrogen and oxygen atoms in total. The van der Waals surface area contributed by atoms with Gasteiger partial charge in [-0.2, -0.15) is 0 Å². The van der Waals surface area contributed by atoms with Gasteiger partial charge in [0.1, 0.15) is 0 Å². The molecule has 0 spiro atoms. The highest BCUT2D eigenvalue weighted by molar-refractivity contribution is 7.71. The van der Waals surface area contributed by atoms with E-state index in [1.807, 2.05) is 13.8 Å². The molecule has 1 heterocycles. The van der Waals surface area contributed by atoms with Crippen LogP contribution in [0.25, 0.3) is 0 Å². The van der Waals surface area contributed by atoms with Gasteiger partial charge < -0.3 is 9.15 Å². The number of hydrogen-bond donors (Lipinski definition) is 1. The highest BCUT2D eigenvalue weighted by atomic mass is 32.1. The van der Waals surface area contributed by atoms with Gasteiger partial charge in [-0.3, -0.25) is 0 Å². The highest BCUT2D eigenvalue weighted by Gasteiger charge is 2.19. The number of hydrogen-bond acceptors (Lipinski definition) is 4. The summed E-state index contributed by atoms with van der Waals surface area (Å²) in [6.07, 6.45) is 0.608. The summed E-state index contributed by atoms with van der Waals surface area (Å²) in [5.74, 6) is 0.576. The van der Waals surface area contributed by atoms with Crippen molar-refractivity contribution in [2.24, 2.45) is 0 Å². The Morgan fingerprint density at radius 1 is 1.67 bits per heavy atom. The molecule has 0 aliphatic rings. The molecule has 0 unspecified atom stereocenters. The lowest BCUT2D eigenvalue weighted by Gasteiger charge is -2.19. The van der Waals surface area contributed by atoms with Gasteiger partial charge in [-0.25, -0.2) is 5.10 Å². The molecular weight excluding hydrogens is 176 g/mol. The van der Waals surface area contributed by atoms with Crippen LogP contribution in [0.15, 0.2) is 4.42 Å². The van der Waals surface area contributed by atoms with E-state index in [0.29, 0.717) is 17.1 Å². The zero-order chi connectivity index (χ0) is 9.19. The number of nitrogens with zero attached hydrogens (tertiary/aromatic N) is 1. The lowest BCUT2D eigenvalue weighted by Crippen LogP contribution is -2.25. The van der Waals surface area contributed by atoms with Crippen LogP contribution in [-0.2, 0) is 11.2 Å². The molecule has 0 amide bonds. The van der Waals surface area contributed by atoms with E-state index < -0.39 is 0 Å². The zero-order valence-electron chi connectivity index (χ0n) is 7.38. The Morgan fingerprint density at radius 2 is 2.33 bits per heavy atom. The molecule has 0 aromatic carbocycles. The van der Waals surface area contributed by atoms with Gasteiger partial charge >= 0.3 is 0 Å². The fourth-order valence-corrected chi connectivity index (χ4v) is 0.914. The van der Waals surface area contributed by atoms with E-state index in [0.717, 1.165) is 0 Å². The summed E-state index contributed by atoms with van der Waals surface area (Å²) in [5.41, 5.74) is -0.263. The minimum Gasteiger partial charge on any atom is -0.414 e. The van der Waals surface area contributed by atoms with Crippen LogP contribution in [-0.4, -0.2) is 22.9 Å². The molecule has 0 atom stereocenters. The number of nitrogens with one attached hydrogen (secondary N) is 1. The van der Waals surface area contributed by atoms with Gasteiger partial charge in [0.25, 0.3) is 4.84 Å². The molecule has 1 rings (SSSR count). The lowest BCUT2D eigenvalue weighted by atomic mass is 10.1. The molecule has 0 bridgehead atoms. The van der Waals surface area contributed by atoms with Crippen molar-refractivity contribution in [3.63, 3.8) is 0 Å². The maximum atomic E-state index is 5.20. The number of aromatic nitrogens is 2. The maximum absolute atomic E-state index is 5.20. The molecule has 0 fully saturated rings. The number of aromatic amines is 1. The molecule has 12 heavy (non-hydrogen) atoms.